The average molecular weight is 367 g/mol. The van der Waals surface area contributed by atoms with Crippen molar-refractivity contribution in [3.05, 3.63) is 48.5 Å². The molecule has 0 radical (unpaired) electrons. The molecule has 5 nitrogen and oxygen atoms in total. The van der Waals surface area contributed by atoms with Gasteiger partial charge in [0.15, 0.2) is 5.82 Å². The van der Waals surface area contributed by atoms with Gasteiger partial charge in [-0.2, -0.15) is 0 Å². The Labute approximate surface area is 143 Å². The minimum atomic E-state index is -1.07. The minimum Gasteiger partial charge on any atom is -0.477 e. The van der Waals surface area contributed by atoms with Gasteiger partial charge in [0.25, 0.3) is 5.56 Å². The lowest BCUT2D eigenvalue weighted by atomic mass is 10.2. The highest BCUT2D eigenvalue weighted by Crippen LogP contribution is 2.29. The van der Waals surface area contributed by atoms with Gasteiger partial charge in [-0.1, -0.05) is 11.6 Å². The quantitative estimate of drug-likeness (QED) is 0.731. The Hall–Kier alpha value is -1.96. The van der Waals surface area contributed by atoms with Crippen LogP contribution in [0.15, 0.2) is 16.9 Å². The predicted molar refractivity (Wildman–Crippen MR) is 94.7 cm³/mol. The molecule has 0 aromatic carbocycles. The van der Waals surface area contributed by atoms with Crippen LogP contribution < -0.4 is 5.56 Å². The van der Waals surface area contributed by atoms with Crippen LogP contribution in [0.25, 0.3) is 21.3 Å². The van der Waals surface area contributed by atoms with E-state index in [0.29, 0.717) is 20.8 Å². The van der Waals surface area contributed by atoms with Crippen molar-refractivity contribution in [2.75, 3.05) is 0 Å². The highest BCUT2D eigenvalue weighted by molar-refractivity contribution is 7.20. The summed E-state index contributed by atoms with van der Waals surface area (Å²) in [6.07, 6.45) is 1.72. The van der Waals surface area contributed by atoms with E-state index in [0.717, 1.165) is 21.1 Å². The molecule has 23 heavy (non-hydrogen) atoms. The Morgan fingerprint density at radius 3 is 2.70 bits per heavy atom. The molecular formula is C15H11ClN2O3S2. The van der Waals surface area contributed by atoms with E-state index in [1.165, 1.54) is 0 Å². The van der Waals surface area contributed by atoms with Gasteiger partial charge in [0, 0.05) is 9.75 Å². The van der Waals surface area contributed by atoms with Crippen LogP contribution in [0.2, 0.25) is 0 Å². The molecule has 0 saturated carbocycles. The minimum absolute atomic E-state index is 0.115. The molecule has 118 valence electrons. The summed E-state index contributed by atoms with van der Waals surface area (Å²) in [5.74, 6) is -0.837. The maximum atomic E-state index is 12.3. The number of aryl methyl sites for hydroxylation is 2. The number of nitrogens with one attached hydrogen (secondary N) is 1. The number of carbonyl (C=O) groups is 1. The number of carboxylic acid groups (broad SMARTS) is 1. The summed E-state index contributed by atoms with van der Waals surface area (Å²) in [4.78, 5) is 33.0. The number of rotatable bonds is 3. The molecular weight excluding hydrogens is 356 g/mol. The van der Waals surface area contributed by atoms with Gasteiger partial charge in [-0.15, -0.1) is 22.7 Å². The number of halogens is 1. The fraction of sp³-hybridized carbons (Fsp3) is 0.133. The monoisotopic (exact) mass is 366 g/mol. The summed E-state index contributed by atoms with van der Waals surface area (Å²) in [7, 11) is 0. The highest BCUT2D eigenvalue weighted by Gasteiger charge is 2.19. The smallest absolute Gasteiger partial charge is 0.346 e. The molecule has 0 bridgehead atoms. The van der Waals surface area contributed by atoms with Gasteiger partial charge >= 0.3 is 5.97 Å². The maximum absolute atomic E-state index is 12.3. The van der Waals surface area contributed by atoms with Crippen molar-refractivity contribution in [2.24, 2.45) is 0 Å². The van der Waals surface area contributed by atoms with Crippen LogP contribution in [0.3, 0.4) is 0 Å². The van der Waals surface area contributed by atoms with E-state index in [9.17, 15) is 9.59 Å². The highest BCUT2D eigenvalue weighted by atomic mass is 35.5. The van der Waals surface area contributed by atoms with E-state index < -0.39 is 5.97 Å². The fourth-order valence-corrected chi connectivity index (χ4v) is 4.30. The standard InChI is InChI=1S/C15H11ClN2O3S2/c1-6-3-4-8(22-6)5-9(16)12-17-13(19)10-7(2)11(15(20)21)23-14(10)18-12/h3-5H,1-2H3,(H,20,21)(H,17,18,19)/b9-5-. The third-order valence-corrected chi connectivity index (χ3v) is 5.66. The zero-order valence-electron chi connectivity index (χ0n) is 12.1. The number of hydrogen-bond acceptors (Lipinski definition) is 5. The van der Waals surface area contributed by atoms with Crippen molar-refractivity contribution in [3.8, 4) is 0 Å². The molecule has 0 aliphatic heterocycles. The van der Waals surface area contributed by atoms with Gasteiger partial charge < -0.3 is 10.1 Å². The van der Waals surface area contributed by atoms with Crippen LogP contribution in [-0.4, -0.2) is 21.0 Å². The van der Waals surface area contributed by atoms with Gasteiger partial charge in [0.2, 0.25) is 0 Å². The summed E-state index contributed by atoms with van der Waals surface area (Å²) in [5.41, 5.74) is 0.0342. The summed E-state index contributed by atoms with van der Waals surface area (Å²) in [6.45, 7) is 3.59. The molecule has 3 heterocycles. The molecule has 0 fully saturated rings. The molecule has 0 amide bonds. The molecule has 0 aliphatic rings. The number of H-pyrrole nitrogens is 1. The molecule has 2 N–H and O–H groups in total. The Morgan fingerprint density at radius 2 is 2.09 bits per heavy atom. The van der Waals surface area contributed by atoms with Crippen LogP contribution >= 0.6 is 34.3 Å². The Kier molecular flexibility index (Phi) is 4.09. The molecule has 0 saturated heterocycles. The number of hydrogen-bond donors (Lipinski definition) is 2. The molecule has 3 aromatic rings. The first-order valence-electron chi connectivity index (χ1n) is 6.57. The second-order valence-corrected chi connectivity index (χ2v) is 7.62. The van der Waals surface area contributed by atoms with Crippen molar-refractivity contribution in [1.82, 2.24) is 9.97 Å². The Bertz CT molecular complexity index is 1010. The lowest BCUT2D eigenvalue weighted by Crippen LogP contribution is -2.10. The van der Waals surface area contributed by atoms with Gasteiger partial charge in [-0.05, 0) is 37.6 Å². The molecule has 0 unspecified atom stereocenters. The number of carboxylic acids is 1. The summed E-state index contributed by atoms with van der Waals surface area (Å²) < 4.78 is 0. The van der Waals surface area contributed by atoms with E-state index in [-0.39, 0.29) is 16.3 Å². The molecule has 0 atom stereocenters. The molecule has 3 rings (SSSR count). The Balaban J connectivity index is 2.14. The van der Waals surface area contributed by atoms with Crippen LogP contribution in [0.5, 0.6) is 0 Å². The third-order valence-electron chi connectivity index (χ3n) is 3.25. The number of aromatic amines is 1. The van der Waals surface area contributed by atoms with E-state index in [1.54, 1.807) is 24.3 Å². The van der Waals surface area contributed by atoms with Gasteiger partial charge in [-0.25, -0.2) is 9.78 Å². The summed E-state index contributed by atoms with van der Waals surface area (Å²) in [5, 5.41) is 9.77. The molecule has 0 spiro atoms. The first kappa shape index (κ1) is 15.9. The summed E-state index contributed by atoms with van der Waals surface area (Å²) >= 11 is 8.80. The normalized spacial score (nSPS) is 12.0. The first-order chi connectivity index (χ1) is 10.9. The lowest BCUT2D eigenvalue weighted by Gasteiger charge is -1.99. The van der Waals surface area contributed by atoms with Gasteiger partial charge in [0.05, 0.1) is 10.4 Å². The zero-order chi connectivity index (χ0) is 16.7. The fourth-order valence-electron chi connectivity index (χ4n) is 2.19. The van der Waals surface area contributed by atoms with Crippen molar-refractivity contribution >= 4 is 61.6 Å². The van der Waals surface area contributed by atoms with Crippen molar-refractivity contribution < 1.29 is 9.90 Å². The van der Waals surface area contributed by atoms with Crippen LogP contribution in [0.1, 0.15) is 30.8 Å². The van der Waals surface area contributed by atoms with Gasteiger partial charge in [0.1, 0.15) is 9.71 Å². The largest absolute Gasteiger partial charge is 0.477 e. The molecule has 0 aliphatic carbocycles. The number of fused-ring (bicyclic) bond motifs is 1. The van der Waals surface area contributed by atoms with Crippen LogP contribution in [0.4, 0.5) is 0 Å². The average Bonchev–Trinajstić information content (AvgIpc) is 3.02. The molecule has 8 heteroatoms. The summed E-state index contributed by atoms with van der Waals surface area (Å²) in [6, 6.07) is 3.90. The lowest BCUT2D eigenvalue weighted by molar-refractivity contribution is 0.0701. The maximum Gasteiger partial charge on any atom is 0.346 e. The molecule has 3 aromatic heterocycles. The SMILES string of the molecule is Cc1ccc(/C=C(\Cl)c2nc3sc(C(=O)O)c(C)c3c(=O)[nH]2)s1. The number of aromatic carboxylic acids is 1. The second-order valence-electron chi connectivity index (χ2n) is 4.90. The van der Waals surface area contributed by atoms with E-state index >= 15 is 0 Å². The third kappa shape index (κ3) is 2.95. The van der Waals surface area contributed by atoms with Crippen molar-refractivity contribution in [1.29, 1.82) is 0 Å². The topological polar surface area (TPSA) is 83.0 Å². The predicted octanol–water partition coefficient (Wildman–Crippen LogP) is 4.10. The number of nitrogens with zero attached hydrogens (tertiary/aromatic N) is 1. The second kappa shape index (κ2) is 5.92. The van der Waals surface area contributed by atoms with E-state index in [2.05, 4.69) is 9.97 Å². The van der Waals surface area contributed by atoms with E-state index in [1.807, 2.05) is 19.1 Å². The van der Waals surface area contributed by atoms with Crippen molar-refractivity contribution in [2.45, 2.75) is 13.8 Å². The van der Waals surface area contributed by atoms with E-state index in [4.69, 9.17) is 16.7 Å². The number of thiophene rings is 2. The van der Waals surface area contributed by atoms with Gasteiger partial charge in [-0.3, -0.25) is 4.79 Å². The Morgan fingerprint density at radius 1 is 1.35 bits per heavy atom. The van der Waals surface area contributed by atoms with Crippen LogP contribution in [-0.2, 0) is 0 Å². The zero-order valence-corrected chi connectivity index (χ0v) is 14.5. The van der Waals surface area contributed by atoms with Crippen molar-refractivity contribution in [3.63, 3.8) is 0 Å². The van der Waals surface area contributed by atoms with Crippen LogP contribution in [0, 0.1) is 13.8 Å². The first-order valence-corrected chi connectivity index (χ1v) is 8.58. The number of aromatic nitrogens is 2.